The lowest BCUT2D eigenvalue weighted by Crippen LogP contribution is -2.39. The minimum atomic E-state index is -0.319. The van der Waals surface area contributed by atoms with E-state index in [1.165, 1.54) is 12.8 Å². The average Bonchev–Trinajstić information content (AvgIpc) is 2.23. The Kier molecular flexibility index (Phi) is 3.19. The second-order valence-electron chi connectivity index (χ2n) is 4.54. The molecule has 0 aromatic heterocycles. The zero-order valence-electron chi connectivity index (χ0n) is 9.35. The van der Waals surface area contributed by atoms with E-state index in [4.69, 9.17) is 0 Å². The van der Waals surface area contributed by atoms with Crippen molar-refractivity contribution < 1.29 is 4.92 Å². The van der Waals surface area contributed by atoms with Gasteiger partial charge in [-0.2, -0.15) is 0 Å². The third kappa shape index (κ3) is 2.39. The van der Waals surface area contributed by atoms with Crippen LogP contribution in [0.1, 0.15) is 25.3 Å². The Morgan fingerprint density at radius 1 is 1.44 bits per heavy atom. The lowest BCUT2D eigenvalue weighted by Gasteiger charge is -2.33. The molecule has 0 atom stereocenters. The summed E-state index contributed by atoms with van der Waals surface area (Å²) >= 11 is 0. The molecule has 1 aliphatic carbocycles. The molecule has 1 aromatic rings. The van der Waals surface area contributed by atoms with Crippen LogP contribution in [0.25, 0.3) is 0 Å². The molecule has 2 rings (SSSR count). The van der Waals surface area contributed by atoms with Crippen molar-refractivity contribution in [2.24, 2.45) is 5.92 Å². The molecule has 0 aliphatic heterocycles. The summed E-state index contributed by atoms with van der Waals surface area (Å²) in [6.45, 7) is 2.82. The summed E-state index contributed by atoms with van der Waals surface area (Å²) in [6.07, 6.45) is 2.36. The summed E-state index contributed by atoms with van der Waals surface area (Å²) < 4.78 is 0. The standard InChI is InChI=1S/C12H16N2O2/c1-9-6-11(7-9)13-8-10-4-2-3-5-12(10)14(15)16/h2-5,9,11,13H,6-8H2,1H3. The van der Waals surface area contributed by atoms with Gasteiger partial charge in [0, 0.05) is 24.2 Å². The van der Waals surface area contributed by atoms with Crippen molar-refractivity contribution in [3.63, 3.8) is 0 Å². The fourth-order valence-electron chi connectivity index (χ4n) is 2.16. The summed E-state index contributed by atoms with van der Waals surface area (Å²) in [6, 6.07) is 7.45. The minimum absolute atomic E-state index is 0.211. The molecule has 0 unspecified atom stereocenters. The molecule has 0 saturated heterocycles. The predicted molar refractivity (Wildman–Crippen MR) is 62.1 cm³/mol. The van der Waals surface area contributed by atoms with Crippen molar-refractivity contribution in [1.29, 1.82) is 0 Å². The second-order valence-corrected chi connectivity index (χ2v) is 4.54. The molecule has 4 heteroatoms. The van der Waals surface area contributed by atoms with Crippen LogP contribution in [0, 0.1) is 16.0 Å². The number of nitrogens with zero attached hydrogens (tertiary/aromatic N) is 1. The first-order valence-corrected chi connectivity index (χ1v) is 5.62. The summed E-state index contributed by atoms with van der Waals surface area (Å²) in [7, 11) is 0. The third-order valence-corrected chi connectivity index (χ3v) is 3.14. The number of hydrogen-bond donors (Lipinski definition) is 1. The molecule has 0 radical (unpaired) electrons. The summed E-state index contributed by atoms with van der Waals surface area (Å²) in [5, 5.41) is 14.1. The van der Waals surface area contributed by atoms with Gasteiger partial charge >= 0.3 is 0 Å². The molecule has 1 fully saturated rings. The molecular formula is C12H16N2O2. The van der Waals surface area contributed by atoms with Gasteiger partial charge in [-0.3, -0.25) is 10.1 Å². The first-order valence-electron chi connectivity index (χ1n) is 5.62. The van der Waals surface area contributed by atoms with E-state index in [0.29, 0.717) is 12.6 Å². The Labute approximate surface area is 94.8 Å². The number of nitro benzene ring substituents is 1. The maximum atomic E-state index is 10.8. The molecule has 1 N–H and O–H groups in total. The first kappa shape index (κ1) is 11.1. The molecule has 0 bridgehead atoms. The fraction of sp³-hybridized carbons (Fsp3) is 0.500. The van der Waals surface area contributed by atoms with E-state index < -0.39 is 0 Å². The number of hydrogen-bond acceptors (Lipinski definition) is 3. The summed E-state index contributed by atoms with van der Waals surface area (Å²) in [4.78, 5) is 10.5. The molecule has 0 spiro atoms. The number of nitro groups is 1. The Hall–Kier alpha value is -1.42. The highest BCUT2D eigenvalue weighted by Crippen LogP contribution is 2.27. The van der Waals surface area contributed by atoms with Crippen LogP contribution in [-0.2, 0) is 6.54 Å². The van der Waals surface area contributed by atoms with Crippen molar-refractivity contribution in [3.8, 4) is 0 Å². The zero-order valence-corrected chi connectivity index (χ0v) is 9.35. The molecule has 1 saturated carbocycles. The van der Waals surface area contributed by atoms with Gasteiger partial charge in [0.05, 0.1) is 4.92 Å². The number of rotatable bonds is 4. The van der Waals surface area contributed by atoms with E-state index in [0.717, 1.165) is 11.5 Å². The van der Waals surface area contributed by atoms with Gasteiger partial charge in [0.2, 0.25) is 0 Å². The van der Waals surface area contributed by atoms with Crippen molar-refractivity contribution in [2.75, 3.05) is 0 Å². The summed E-state index contributed by atoms with van der Waals surface area (Å²) in [5.41, 5.74) is 0.981. The Morgan fingerprint density at radius 2 is 2.12 bits per heavy atom. The smallest absolute Gasteiger partial charge is 0.273 e. The van der Waals surface area contributed by atoms with Crippen molar-refractivity contribution in [3.05, 3.63) is 39.9 Å². The van der Waals surface area contributed by atoms with Gasteiger partial charge in [-0.25, -0.2) is 0 Å². The minimum Gasteiger partial charge on any atom is -0.310 e. The van der Waals surface area contributed by atoms with Gasteiger partial charge in [-0.05, 0) is 18.8 Å². The van der Waals surface area contributed by atoms with E-state index in [-0.39, 0.29) is 10.6 Å². The normalized spacial score (nSPS) is 23.8. The summed E-state index contributed by atoms with van der Waals surface area (Å²) in [5.74, 6) is 0.795. The lowest BCUT2D eigenvalue weighted by molar-refractivity contribution is -0.385. The Balaban J connectivity index is 1.95. The van der Waals surface area contributed by atoms with Crippen LogP contribution in [0.5, 0.6) is 0 Å². The Bertz CT molecular complexity index is 386. The molecule has 4 nitrogen and oxygen atoms in total. The molecule has 1 aromatic carbocycles. The van der Waals surface area contributed by atoms with Gasteiger partial charge in [0.1, 0.15) is 0 Å². The molecule has 1 aliphatic rings. The number of nitrogens with one attached hydrogen (secondary N) is 1. The van der Waals surface area contributed by atoms with Crippen molar-refractivity contribution in [1.82, 2.24) is 5.32 Å². The van der Waals surface area contributed by atoms with Gasteiger partial charge < -0.3 is 5.32 Å². The van der Waals surface area contributed by atoms with Crippen molar-refractivity contribution >= 4 is 5.69 Å². The molecule has 0 amide bonds. The maximum absolute atomic E-state index is 10.8. The SMILES string of the molecule is CC1CC(NCc2ccccc2[N+](=O)[O-])C1. The number of para-hydroxylation sites is 1. The third-order valence-electron chi connectivity index (χ3n) is 3.14. The highest BCUT2D eigenvalue weighted by atomic mass is 16.6. The maximum Gasteiger partial charge on any atom is 0.273 e. The first-order chi connectivity index (χ1) is 7.66. The largest absolute Gasteiger partial charge is 0.310 e. The van der Waals surface area contributed by atoms with Gasteiger partial charge in [-0.1, -0.05) is 25.1 Å². The topological polar surface area (TPSA) is 55.2 Å². The van der Waals surface area contributed by atoms with E-state index in [9.17, 15) is 10.1 Å². The van der Waals surface area contributed by atoms with Gasteiger partial charge in [-0.15, -0.1) is 0 Å². The Morgan fingerprint density at radius 3 is 2.75 bits per heavy atom. The van der Waals surface area contributed by atoms with Crippen LogP contribution in [0.15, 0.2) is 24.3 Å². The average molecular weight is 220 g/mol. The number of benzene rings is 1. The lowest BCUT2D eigenvalue weighted by atomic mass is 9.82. The predicted octanol–water partition coefficient (Wildman–Crippen LogP) is 2.48. The molecule has 16 heavy (non-hydrogen) atoms. The second kappa shape index (κ2) is 4.61. The molecule has 0 heterocycles. The highest BCUT2D eigenvalue weighted by Gasteiger charge is 2.25. The van der Waals surface area contributed by atoms with E-state index in [2.05, 4.69) is 12.2 Å². The quantitative estimate of drug-likeness (QED) is 0.626. The van der Waals surface area contributed by atoms with Crippen molar-refractivity contribution in [2.45, 2.75) is 32.4 Å². The van der Waals surface area contributed by atoms with Crippen LogP contribution < -0.4 is 5.32 Å². The van der Waals surface area contributed by atoms with E-state index in [1.54, 1.807) is 12.1 Å². The molecule has 86 valence electrons. The fourth-order valence-corrected chi connectivity index (χ4v) is 2.16. The van der Waals surface area contributed by atoms with Crippen LogP contribution in [0.4, 0.5) is 5.69 Å². The van der Waals surface area contributed by atoms with Crippen LogP contribution in [0.3, 0.4) is 0 Å². The van der Waals surface area contributed by atoms with Crippen LogP contribution in [-0.4, -0.2) is 11.0 Å². The monoisotopic (exact) mass is 220 g/mol. The van der Waals surface area contributed by atoms with E-state index in [1.807, 2.05) is 12.1 Å². The van der Waals surface area contributed by atoms with E-state index >= 15 is 0 Å². The zero-order chi connectivity index (χ0) is 11.5. The van der Waals surface area contributed by atoms with Gasteiger partial charge in [0.25, 0.3) is 5.69 Å². The van der Waals surface area contributed by atoms with Crippen LogP contribution in [0.2, 0.25) is 0 Å². The van der Waals surface area contributed by atoms with Crippen LogP contribution >= 0.6 is 0 Å². The van der Waals surface area contributed by atoms with Gasteiger partial charge in [0.15, 0.2) is 0 Å². The molecular weight excluding hydrogens is 204 g/mol. The highest BCUT2D eigenvalue weighted by molar-refractivity contribution is 5.39.